The summed E-state index contributed by atoms with van der Waals surface area (Å²) < 4.78 is 43.9. The SMILES string of the molecule is FC(F)(F)c1cc(Br)cc(-c2nc(-c3ccncc3)no2)c1. The van der Waals surface area contributed by atoms with Gasteiger partial charge in [-0.1, -0.05) is 21.1 Å². The van der Waals surface area contributed by atoms with Crippen LogP contribution in [0.4, 0.5) is 13.2 Å². The number of alkyl halides is 3. The summed E-state index contributed by atoms with van der Waals surface area (Å²) in [5.74, 6) is 0.296. The van der Waals surface area contributed by atoms with Crippen LogP contribution in [0.1, 0.15) is 5.56 Å². The molecule has 0 bridgehead atoms. The fourth-order valence-corrected chi connectivity index (χ4v) is 2.33. The lowest BCUT2D eigenvalue weighted by Crippen LogP contribution is -2.04. The fraction of sp³-hybridized carbons (Fsp3) is 0.0714. The highest BCUT2D eigenvalue weighted by molar-refractivity contribution is 9.10. The maximum atomic E-state index is 12.8. The van der Waals surface area contributed by atoms with Gasteiger partial charge in [-0.3, -0.25) is 4.98 Å². The van der Waals surface area contributed by atoms with Gasteiger partial charge in [0, 0.05) is 28.0 Å². The highest BCUT2D eigenvalue weighted by atomic mass is 79.9. The van der Waals surface area contributed by atoms with Crippen molar-refractivity contribution in [3.63, 3.8) is 0 Å². The predicted molar refractivity (Wildman–Crippen MR) is 75.7 cm³/mol. The van der Waals surface area contributed by atoms with Gasteiger partial charge in [-0.25, -0.2) is 0 Å². The summed E-state index contributed by atoms with van der Waals surface area (Å²) in [6.45, 7) is 0. The molecule has 8 heteroatoms. The molecule has 112 valence electrons. The van der Waals surface area contributed by atoms with Gasteiger partial charge < -0.3 is 4.52 Å². The molecule has 3 rings (SSSR count). The van der Waals surface area contributed by atoms with Crippen molar-refractivity contribution in [3.05, 3.63) is 52.8 Å². The molecule has 1 aromatic carbocycles. The van der Waals surface area contributed by atoms with Gasteiger partial charge >= 0.3 is 6.18 Å². The Morgan fingerprint density at radius 3 is 2.41 bits per heavy atom. The van der Waals surface area contributed by atoms with E-state index in [2.05, 4.69) is 31.1 Å². The number of nitrogens with zero attached hydrogens (tertiary/aromatic N) is 3. The average molecular weight is 370 g/mol. The number of aromatic nitrogens is 3. The van der Waals surface area contributed by atoms with E-state index in [0.717, 1.165) is 12.1 Å². The van der Waals surface area contributed by atoms with Crippen LogP contribution >= 0.6 is 15.9 Å². The minimum Gasteiger partial charge on any atom is -0.334 e. The quantitative estimate of drug-likeness (QED) is 0.663. The second-order valence-electron chi connectivity index (χ2n) is 4.39. The summed E-state index contributed by atoms with van der Waals surface area (Å²) in [7, 11) is 0. The largest absolute Gasteiger partial charge is 0.416 e. The summed E-state index contributed by atoms with van der Waals surface area (Å²) >= 11 is 3.06. The maximum Gasteiger partial charge on any atom is 0.416 e. The Morgan fingerprint density at radius 2 is 1.73 bits per heavy atom. The lowest BCUT2D eigenvalue weighted by Gasteiger charge is -2.08. The molecule has 0 aliphatic carbocycles. The first kappa shape index (κ1) is 14.7. The minimum absolute atomic E-state index is 0.0126. The third-order valence-corrected chi connectivity index (χ3v) is 3.29. The Balaban J connectivity index is 2.02. The predicted octanol–water partition coefficient (Wildman–Crippen LogP) is 4.58. The van der Waals surface area contributed by atoms with Crippen LogP contribution in [0.5, 0.6) is 0 Å². The Kier molecular flexibility index (Phi) is 3.69. The van der Waals surface area contributed by atoms with E-state index in [9.17, 15) is 13.2 Å². The van der Waals surface area contributed by atoms with Crippen molar-refractivity contribution >= 4 is 15.9 Å². The topological polar surface area (TPSA) is 51.8 Å². The van der Waals surface area contributed by atoms with Crippen molar-refractivity contribution in [2.24, 2.45) is 0 Å². The number of hydrogen-bond acceptors (Lipinski definition) is 4. The molecule has 0 saturated heterocycles. The molecule has 0 radical (unpaired) electrons. The van der Waals surface area contributed by atoms with Gasteiger partial charge in [-0.2, -0.15) is 18.2 Å². The van der Waals surface area contributed by atoms with Gasteiger partial charge in [0.25, 0.3) is 5.89 Å². The van der Waals surface area contributed by atoms with E-state index in [-0.39, 0.29) is 21.8 Å². The molecule has 3 aromatic rings. The lowest BCUT2D eigenvalue weighted by atomic mass is 10.1. The first-order valence-corrected chi connectivity index (χ1v) is 6.85. The normalized spacial score (nSPS) is 11.6. The standard InChI is InChI=1S/C14H7BrF3N3O/c15-11-6-9(5-10(7-11)14(16,17)18)13-20-12(21-22-13)8-1-3-19-4-2-8/h1-7H. The van der Waals surface area contributed by atoms with Crippen LogP contribution in [0, 0.1) is 0 Å². The third-order valence-electron chi connectivity index (χ3n) is 2.84. The molecular weight excluding hydrogens is 363 g/mol. The molecule has 0 amide bonds. The zero-order chi connectivity index (χ0) is 15.7. The van der Waals surface area contributed by atoms with Crippen LogP contribution in [0.2, 0.25) is 0 Å². The summed E-state index contributed by atoms with van der Waals surface area (Å²) in [4.78, 5) is 7.99. The van der Waals surface area contributed by atoms with Crippen LogP contribution < -0.4 is 0 Å². The van der Waals surface area contributed by atoms with Crippen molar-refractivity contribution < 1.29 is 17.7 Å². The van der Waals surface area contributed by atoms with Crippen molar-refractivity contribution in [2.75, 3.05) is 0 Å². The average Bonchev–Trinajstić information content (AvgIpc) is 2.96. The molecule has 2 heterocycles. The minimum atomic E-state index is -4.45. The molecule has 0 N–H and O–H groups in total. The highest BCUT2D eigenvalue weighted by Crippen LogP contribution is 2.34. The number of rotatable bonds is 2. The molecule has 0 spiro atoms. The first-order chi connectivity index (χ1) is 10.4. The van der Waals surface area contributed by atoms with Crippen molar-refractivity contribution in [1.29, 1.82) is 0 Å². The van der Waals surface area contributed by atoms with Crippen LogP contribution in [0.25, 0.3) is 22.8 Å². The monoisotopic (exact) mass is 369 g/mol. The lowest BCUT2D eigenvalue weighted by molar-refractivity contribution is -0.137. The zero-order valence-electron chi connectivity index (χ0n) is 10.8. The Bertz CT molecular complexity index is 803. The van der Waals surface area contributed by atoms with Gasteiger partial charge in [0.1, 0.15) is 0 Å². The van der Waals surface area contributed by atoms with E-state index in [1.165, 1.54) is 6.07 Å². The smallest absolute Gasteiger partial charge is 0.334 e. The molecule has 0 aliphatic heterocycles. The Hall–Kier alpha value is -2.22. The second kappa shape index (κ2) is 5.53. The number of pyridine rings is 1. The Morgan fingerprint density at radius 1 is 1.00 bits per heavy atom. The summed E-state index contributed by atoms with van der Waals surface area (Å²) in [5, 5.41) is 3.77. The van der Waals surface area contributed by atoms with E-state index in [4.69, 9.17) is 4.52 Å². The van der Waals surface area contributed by atoms with Crippen molar-refractivity contribution in [2.45, 2.75) is 6.18 Å². The fourth-order valence-electron chi connectivity index (χ4n) is 1.84. The second-order valence-corrected chi connectivity index (χ2v) is 5.30. The van der Waals surface area contributed by atoms with Gasteiger partial charge in [-0.05, 0) is 30.3 Å². The number of halogens is 4. The van der Waals surface area contributed by atoms with E-state index in [1.54, 1.807) is 24.5 Å². The van der Waals surface area contributed by atoms with E-state index < -0.39 is 11.7 Å². The molecule has 2 aromatic heterocycles. The van der Waals surface area contributed by atoms with E-state index in [0.29, 0.717) is 5.56 Å². The van der Waals surface area contributed by atoms with Gasteiger partial charge in [0.15, 0.2) is 0 Å². The molecule has 0 aliphatic rings. The van der Waals surface area contributed by atoms with Crippen LogP contribution in [-0.4, -0.2) is 15.1 Å². The molecular formula is C14H7BrF3N3O. The molecule has 0 atom stereocenters. The number of benzene rings is 1. The van der Waals surface area contributed by atoms with Crippen LogP contribution in [0.15, 0.2) is 51.7 Å². The molecule has 0 fully saturated rings. The van der Waals surface area contributed by atoms with Gasteiger partial charge in [0.2, 0.25) is 5.82 Å². The zero-order valence-corrected chi connectivity index (χ0v) is 12.4. The molecule has 0 unspecified atom stereocenters. The molecule has 4 nitrogen and oxygen atoms in total. The molecule has 22 heavy (non-hydrogen) atoms. The van der Waals surface area contributed by atoms with Crippen molar-refractivity contribution in [3.8, 4) is 22.8 Å². The third kappa shape index (κ3) is 3.01. The van der Waals surface area contributed by atoms with Gasteiger partial charge in [-0.15, -0.1) is 0 Å². The van der Waals surface area contributed by atoms with Crippen molar-refractivity contribution in [1.82, 2.24) is 15.1 Å². The Labute approximate surface area is 131 Å². The molecule has 0 saturated carbocycles. The van der Waals surface area contributed by atoms with E-state index in [1.807, 2.05) is 0 Å². The van der Waals surface area contributed by atoms with Gasteiger partial charge in [0.05, 0.1) is 5.56 Å². The van der Waals surface area contributed by atoms with E-state index >= 15 is 0 Å². The summed E-state index contributed by atoms with van der Waals surface area (Å²) in [6, 6.07) is 6.80. The van der Waals surface area contributed by atoms with Crippen LogP contribution in [-0.2, 0) is 6.18 Å². The highest BCUT2D eigenvalue weighted by Gasteiger charge is 2.31. The number of hydrogen-bond donors (Lipinski definition) is 0. The summed E-state index contributed by atoms with van der Waals surface area (Å²) in [6.07, 6.45) is -1.33. The maximum absolute atomic E-state index is 12.8. The van der Waals surface area contributed by atoms with Crippen LogP contribution in [0.3, 0.4) is 0 Å². The summed E-state index contributed by atoms with van der Waals surface area (Å²) in [5.41, 5.74) is 0.0612. The first-order valence-electron chi connectivity index (χ1n) is 6.06.